The second-order valence-electron chi connectivity index (χ2n) is 4.01. The van der Waals surface area contributed by atoms with E-state index in [0.29, 0.717) is 5.56 Å². The Balaban J connectivity index is 3.35. The molecule has 0 aliphatic rings. The zero-order valence-corrected chi connectivity index (χ0v) is 7.86. The lowest BCUT2D eigenvalue weighted by Gasteiger charge is -2.20. The number of benzene rings is 1. The minimum absolute atomic E-state index is 0.390. The summed E-state index contributed by atoms with van der Waals surface area (Å²) < 4.78 is 25.5. The molecule has 1 aromatic rings. The molecular formula is C10H12F2O. The van der Waals surface area contributed by atoms with Gasteiger partial charge in [-0.3, -0.25) is 0 Å². The third-order valence-electron chi connectivity index (χ3n) is 1.88. The summed E-state index contributed by atoms with van der Waals surface area (Å²) in [5, 5.41) is 9.30. The van der Waals surface area contributed by atoms with Crippen molar-refractivity contribution in [2.45, 2.75) is 26.2 Å². The molecule has 0 atom stereocenters. The van der Waals surface area contributed by atoms with Crippen LogP contribution in [0.25, 0.3) is 0 Å². The molecule has 0 amide bonds. The van der Waals surface area contributed by atoms with Gasteiger partial charge < -0.3 is 5.11 Å². The molecule has 0 aromatic heterocycles. The van der Waals surface area contributed by atoms with Gasteiger partial charge in [0.2, 0.25) is 5.82 Å². The van der Waals surface area contributed by atoms with Crippen LogP contribution in [0.5, 0.6) is 5.75 Å². The van der Waals surface area contributed by atoms with Gasteiger partial charge in [-0.15, -0.1) is 0 Å². The van der Waals surface area contributed by atoms with E-state index >= 15 is 0 Å². The first-order valence-corrected chi connectivity index (χ1v) is 4.01. The summed E-state index contributed by atoms with van der Waals surface area (Å²) in [4.78, 5) is 0. The molecule has 13 heavy (non-hydrogen) atoms. The molecule has 1 nitrogen and oxygen atoms in total. The van der Waals surface area contributed by atoms with E-state index in [0.717, 1.165) is 6.07 Å². The summed E-state index contributed by atoms with van der Waals surface area (Å²) >= 11 is 0. The Morgan fingerprint density at radius 2 is 1.69 bits per heavy atom. The van der Waals surface area contributed by atoms with Crippen molar-refractivity contribution in [3.63, 3.8) is 0 Å². The summed E-state index contributed by atoms with van der Waals surface area (Å²) in [5.41, 5.74) is 0.0184. The van der Waals surface area contributed by atoms with Gasteiger partial charge in [0.1, 0.15) is 0 Å². The number of aromatic hydroxyl groups is 1. The van der Waals surface area contributed by atoms with Crippen molar-refractivity contribution in [3.8, 4) is 5.75 Å². The van der Waals surface area contributed by atoms with Crippen molar-refractivity contribution >= 4 is 0 Å². The van der Waals surface area contributed by atoms with Gasteiger partial charge in [0.15, 0.2) is 11.6 Å². The number of rotatable bonds is 0. The second-order valence-corrected chi connectivity index (χ2v) is 4.01. The van der Waals surface area contributed by atoms with Gasteiger partial charge in [0.05, 0.1) is 0 Å². The van der Waals surface area contributed by atoms with Crippen LogP contribution in [-0.2, 0) is 5.41 Å². The molecule has 0 unspecified atom stereocenters. The first-order chi connectivity index (χ1) is 5.84. The highest BCUT2D eigenvalue weighted by Crippen LogP contribution is 2.33. The van der Waals surface area contributed by atoms with Crippen LogP contribution in [0.1, 0.15) is 26.3 Å². The highest BCUT2D eigenvalue weighted by atomic mass is 19.2. The summed E-state index contributed by atoms with van der Waals surface area (Å²) in [6.07, 6.45) is 0. The van der Waals surface area contributed by atoms with Crippen LogP contribution in [0.3, 0.4) is 0 Å². The molecule has 0 fully saturated rings. The van der Waals surface area contributed by atoms with Crippen molar-refractivity contribution in [2.75, 3.05) is 0 Å². The van der Waals surface area contributed by atoms with Crippen LogP contribution in [0.15, 0.2) is 12.1 Å². The average molecular weight is 186 g/mol. The fourth-order valence-corrected chi connectivity index (χ4v) is 1.15. The van der Waals surface area contributed by atoms with E-state index in [1.807, 2.05) is 20.8 Å². The number of phenolic OH excluding ortho intramolecular Hbond substituents is 1. The van der Waals surface area contributed by atoms with Gasteiger partial charge in [0.25, 0.3) is 0 Å². The molecular weight excluding hydrogens is 174 g/mol. The van der Waals surface area contributed by atoms with Gasteiger partial charge in [-0.25, -0.2) is 4.39 Å². The third-order valence-corrected chi connectivity index (χ3v) is 1.88. The summed E-state index contributed by atoms with van der Waals surface area (Å²) in [5.74, 6) is -2.79. The van der Waals surface area contributed by atoms with Crippen LogP contribution < -0.4 is 0 Å². The van der Waals surface area contributed by atoms with Crippen molar-refractivity contribution in [1.82, 2.24) is 0 Å². The predicted octanol–water partition coefficient (Wildman–Crippen LogP) is 2.97. The zero-order chi connectivity index (χ0) is 10.2. The zero-order valence-electron chi connectivity index (χ0n) is 7.86. The Morgan fingerprint density at radius 3 is 2.15 bits per heavy atom. The normalized spacial score (nSPS) is 11.8. The lowest BCUT2D eigenvalue weighted by atomic mass is 9.86. The summed E-state index contributed by atoms with van der Waals surface area (Å²) in [6.45, 7) is 5.46. The maximum atomic E-state index is 12.9. The molecule has 0 bridgehead atoms. The molecule has 1 N–H and O–H groups in total. The quantitative estimate of drug-likeness (QED) is 0.660. The molecule has 0 aliphatic carbocycles. The summed E-state index contributed by atoms with van der Waals surface area (Å²) in [7, 11) is 0. The molecule has 0 saturated heterocycles. The van der Waals surface area contributed by atoms with Gasteiger partial charge in [-0.1, -0.05) is 26.8 Å². The predicted molar refractivity (Wildman–Crippen MR) is 46.7 cm³/mol. The maximum Gasteiger partial charge on any atom is 0.200 e. The molecule has 0 radical (unpaired) electrons. The summed E-state index contributed by atoms with van der Waals surface area (Å²) in [6, 6.07) is 2.42. The Morgan fingerprint density at radius 1 is 1.15 bits per heavy atom. The van der Waals surface area contributed by atoms with Crippen LogP contribution >= 0.6 is 0 Å². The van der Waals surface area contributed by atoms with E-state index in [-0.39, 0.29) is 0 Å². The van der Waals surface area contributed by atoms with Gasteiger partial charge >= 0.3 is 0 Å². The highest BCUT2D eigenvalue weighted by Gasteiger charge is 2.21. The number of hydrogen-bond acceptors (Lipinski definition) is 1. The highest BCUT2D eigenvalue weighted by molar-refractivity contribution is 5.38. The van der Waals surface area contributed by atoms with E-state index in [9.17, 15) is 13.9 Å². The topological polar surface area (TPSA) is 20.2 Å². The van der Waals surface area contributed by atoms with E-state index in [4.69, 9.17) is 0 Å². The largest absolute Gasteiger partial charge is 0.505 e. The Hall–Kier alpha value is -1.12. The first-order valence-electron chi connectivity index (χ1n) is 4.01. The standard InChI is InChI=1S/C10H12F2O/c1-10(2,3)6-4-5-7(11)8(12)9(6)13/h4-5,13H,1-3H3. The van der Waals surface area contributed by atoms with Crippen LogP contribution in [0.4, 0.5) is 8.78 Å². The third kappa shape index (κ3) is 1.79. The van der Waals surface area contributed by atoms with Crippen LogP contribution in [0.2, 0.25) is 0 Å². The maximum absolute atomic E-state index is 12.9. The molecule has 0 saturated carbocycles. The number of phenols is 1. The SMILES string of the molecule is CC(C)(C)c1ccc(F)c(F)c1O. The Bertz CT molecular complexity index is 326. The molecule has 0 spiro atoms. The van der Waals surface area contributed by atoms with Crippen molar-refractivity contribution in [2.24, 2.45) is 0 Å². The number of hydrogen-bond donors (Lipinski definition) is 1. The lowest BCUT2D eigenvalue weighted by Crippen LogP contribution is -2.12. The minimum atomic E-state index is -1.17. The van der Waals surface area contributed by atoms with E-state index in [1.165, 1.54) is 6.07 Å². The Labute approximate surface area is 76.0 Å². The lowest BCUT2D eigenvalue weighted by molar-refractivity contribution is 0.388. The molecule has 0 aliphatic heterocycles. The van der Waals surface area contributed by atoms with Crippen LogP contribution in [0, 0.1) is 11.6 Å². The molecule has 72 valence electrons. The monoisotopic (exact) mass is 186 g/mol. The van der Waals surface area contributed by atoms with E-state index < -0.39 is 22.8 Å². The average Bonchev–Trinajstić information content (AvgIpc) is 1.98. The fourth-order valence-electron chi connectivity index (χ4n) is 1.15. The van der Waals surface area contributed by atoms with E-state index in [1.54, 1.807) is 0 Å². The fraction of sp³-hybridized carbons (Fsp3) is 0.400. The molecule has 1 rings (SSSR count). The molecule has 0 heterocycles. The van der Waals surface area contributed by atoms with Crippen molar-refractivity contribution in [1.29, 1.82) is 0 Å². The Kier molecular flexibility index (Phi) is 2.28. The van der Waals surface area contributed by atoms with Gasteiger partial charge in [-0.05, 0) is 11.5 Å². The minimum Gasteiger partial charge on any atom is -0.505 e. The van der Waals surface area contributed by atoms with Crippen LogP contribution in [-0.4, -0.2) is 5.11 Å². The molecule has 1 aromatic carbocycles. The second kappa shape index (κ2) is 2.98. The smallest absolute Gasteiger partial charge is 0.200 e. The number of halogens is 2. The van der Waals surface area contributed by atoms with Gasteiger partial charge in [-0.2, -0.15) is 4.39 Å². The van der Waals surface area contributed by atoms with E-state index in [2.05, 4.69) is 0 Å². The molecule has 3 heteroatoms. The van der Waals surface area contributed by atoms with Crippen molar-refractivity contribution < 1.29 is 13.9 Å². The first kappa shape index (κ1) is 9.96. The van der Waals surface area contributed by atoms with Crippen molar-refractivity contribution in [3.05, 3.63) is 29.3 Å². The van der Waals surface area contributed by atoms with Gasteiger partial charge in [0, 0.05) is 5.56 Å².